The SMILES string of the molecule is CCCC[C]1CCCCOC1=O. The van der Waals surface area contributed by atoms with E-state index in [1.54, 1.807) is 0 Å². The highest BCUT2D eigenvalue weighted by Gasteiger charge is 2.22. The van der Waals surface area contributed by atoms with Crippen molar-refractivity contribution >= 4 is 5.97 Å². The Kier molecular flexibility index (Phi) is 4.12. The number of hydrogen-bond donors (Lipinski definition) is 0. The Labute approximate surface area is 74.3 Å². The maximum atomic E-state index is 11.3. The maximum Gasteiger partial charge on any atom is 0.313 e. The summed E-state index contributed by atoms with van der Waals surface area (Å²) in [5, 5.41) is 0. The van der Waals surface area contributed by atoms with Gasteiger partial charge in [0.1, 0.15) is 0 Å². The van der Waals surface area contributed by atoms with Crippen LogP contribution in [0.15, 0.2) is 0 Å². The van der Waals surface area contributed by atoms with E-state index in [4.69, 9.17) is 4.74 Å². The zero-order valence-corrected chi connectivity index (χ0v) is 7.77. The highest BCUT2D eigenvalue weighted by Crippen LogP contribution is 2.22. The lowest BCUT2D eigenvalue weighted by Gasteiger charge is -2.09. The van der Waals surface area contributed by atoms with Crippen molar-refractivity contribution in [3.8, 4) is 0 Å². The largest absolute Gasteiger partial charge is 0.465 e. The molecular formula is C10H17O2. The molecule has 0 aliphatic carbocycles. The van der Waals surface area contributed by atoms with Gasteiger partial charge < -0.3 is 4.74 Å². The average Bonchev–Trinajstić information content (AvgIpc) is 2.27. The van der Waals surface area contributed by atoms with Crippen LogP contribution in [0.3, 0.4) is 0 Å². The Hall–Kier alpha value is -0.530. The van der Waals surface area contributed by atoms with Crippen LogP contribution in [0, 0.1) is 5.92 Å². The molecule has 0 aromatic rings. The fourth-order valence-corrected chi connectivity index (χ4v) is 1.43. The van der Waals surface area contributed by atoms with Crippen LogP contribution in [-0.2, 0) is 9.53 Å². The lowest BCUT2D eigenvalue weighted by atomic mass is 9.97. The van der Waals surface area contributed by atoms with Crippen molar-refractivity contribution in [2.24, 2.45) is 0 Å². The van der Waals surface area contributed by atoms with Crippen molar-refractivity contribution < 1.29 is 9.53 Å². The molecular weight excluding hydrogens is 152 g/mol. The minimum absolute atomic E-state index is 0.0408. The van der Waals surface area contributed by atoms with Gasteiger partial charge in [0.2, 0.25) is 0 Å². The number of carbonyl (C=O) groups excluding carboxylic acids is 1. The van der Waals surface area contributed by atoms with Gasteiger partial charge in [0.15, 0.2) is 0 Å². The van der Waals surface area contributed by atoms with Gasteiger partial charge >= 0.3 is 5.97 Å². The molecule has 1 heterocycles. The fraction of sp³-hybridized carbons (Fsp3) is 0.800. The smallest absolute Gasteiger partial charge is 0.313 e. The van der Waals surface area contributed by atoms with Gasteiger partial charge in [-0.15, -0.1) is 0 Å². The van der Waals surface area contributed by atoms with Gasteiger partial charge in [-0.3, -0.25) is 4.79 Å². The molecule has 0 unspecified atom stereocenters. The summed E-state index contributed by atoms with van der Waals surface area (Å²) in [5.41, 5.74) is 0. The Morgan fingerprint density at radius 2 is 2.25 bits per heavy atom. The van der Waals surface area contributed by atoms with Crippen molar-refractivity contribution in [1.82, 2.24) is 0 Å². The van der Waals surface area contributed by atoms with Gasteiger partial charge in [-0.05, 0) is 25.7 Å². The van der Waals surface area contributed by atoms with E-state index in [1.165, 1.54) is 0 Å². The second-order valence-electron chi connectivity index (χ2n) is 3.30. The summed E-state index contributed by atoms with van der Waals surface area (Å²) in [6.07, 6.45) is 6.31. The number of unbranched alkanes of at least 4 members (excludes halogenated alkanes) is 1. The standard InChI is InChI=1S/C10H17O2/c1-2-3-6-9-7-4-5-8-12-10(9)11/h2-8H2,1H3. The molecule has 2 nitrogen and oxygen atoms in total. The Bertz CT molecular complexity index is 143. The highest BCUT2D eigenvalue weighted by molar-refractivity contribution is 5.84. The van der Waals surface area contributed by atoms with E-state index >= 15 is 0 Å². The minimum atomic E-state index is -0.0408. The van der Waals surface area contributed by atoms with Crippen molar-refractivity contribution in [2.45, 2.75) is 45.4 Å². The monoisotopic (exact) mass is 169 g/mol. The van der Waals surface area contributed by atoms with Crippen LogP contribution in [0.1, 0.15) is 45.4 Å². The van der Waals surface area contributed by atoms with Crippen molar-refractivity contribution in [2.75, 3.05) is 6.61 Å². The second kappa shape index (κ2) is 5.18. The Morgan fingerprint density at radius 3 is 3.00 bits per heavy atom. The summed E-state index contributed by atoms with van der Waals surface area (Å²) in [6, 6.07) is 0. The first-order valence-corrected chi connectivity index (χ1v) is 4.86. The molecule has 12 heavy (non-hydrogen) atoms. The second-order valence-corrected chi connectivity index (χ2v) is 3.30. The first kappa shape index (κ1) is 9.56. The highest BCUT2D eigenvalue weighted by atomic mass is 16.5. The summed E-state index contributed by atoms with van der Waals surface area (Å²) in [7, 11) is 0. The van der Waals surface area contributed by atoms with Gasteiger partial charge in [0, 0.05) is 0 Å². The van der Waals surface area contributed by atoms with E-state index in [0.717, 1.165) is 44.4 Å². The van der Waals surface area contributed by atoms with Gasteiger partial charge in [0.05, 0.1) is 12.5 Å². The third-order valence-corrected chi connectivity index (χ3v) is 2.23. The van der Waals surface area contributed by atoms with Gasteiger partial charge in [0.25, 0.3) is 0 Å². The predicted molar refractivity (Wildman–Crippen MR) is 47.6 cm³/mol. The van der Waals surface area contributed by atoms with Gasteiger partial charge in [-0.25, -0.2) is 0 Å². The number of rotatable bonds is 3. The van der Waals surface area contributed by atoms with E-state index < -0.39 is 0 Å². The van der Waals surface area contributed by atoms with E-state index in [9.17, 15) is 4.79 Å². The first-order valence-electron chi connectivity index (χ1n) is 4.86. The summed E-state index contributed by atoms with van der Waals surface area (Å²) in [4.78, 5) is 11.3. The fourth-order valence-electron chi connectivity index (χ4n) is 1.43. The van der Waals surface area contributed by atoms with E-state index in [2.05, 4.69) is 6.92 Å². The normalized spacial score (nSPS) is 20.2. The number of hydrogen-bond acceptors (Lipinski definition) is 2. The molecule has 1 fully saturated rings. The predicted octanol–water partition coefficient (Wildman–Crippen LogP) is 2.48. The van der Waals surface area contributed by atoms with E-state index in [-0.39, 0.29) is 5.97 Å². The number of ether oxygens (including phenoxy) is 1. The van der Waals surface area contributed by atoms with Crippen LogP contribution in [0.2, 0.25) is 0 Å². The first-order chi connectivity index (χ1) is 5.84. The quantitative estimate of drug-likeness (QED) is 0.607. The zero-order chi connectivity index (χ0) is 8.81. The number of esters is 1. The van der Waals surface area contributed by atoms with Crippen LogP contribution < -0.4 is 0 Å². The summed E-state index contributed by atoms with van der Waals surface area (Å²) >= 11 is 0. The zero-order valence-electron chi connectivity index (χ0n) is 7.77. The molecule has 2 heteroatoms. The topological polar surface area (TPSA) is 26.3 Å². The maximum absolute atomic E-state index is 11.3. The summed E-state index contributed by atoms with van der Waals surface area (Å²) in [6.45, 7) is 2.76. The van der Waals surface area contributed by atoms with Crippen molar-refractivity contribution in [1.29, 1.82) is 0 Å². The molecule has 1 aliphatic rings. The van der Waals surface area contributed by atoms with Gasteiger partial charge in [-0.2, -0.15) is 0 Å². The lowest BCUT2D eigenvalue weighted by Crippen LogP contribution is -2.13. The molecule has 0 bridgehead atoms. The molecule has 0 saturated carbocycles. The van der Waals surface area contributed by atoms with Gasteiger partial charge in [-0.1, -0.05) is 19.8 Å². The van der Waals surface area contributed by atoms with Crippen LogP contribution in [-0.4, -0.2) is 12.6 Å². The Balaban J connectivity index is 2.31. The molecule has 0 atom stereocenters. The molecule has 0 aromatic heterocycles. The van der Waals surface area contributed by atoms with Crippen LogP contribution in [0.4, 0.5) is 0 Å². The summed E-state index contributed by atoms with van der Waals surface area (Å²) in [5.74, 6) is 0.968. The molecule has 0 N–H and O–H groups in total. The molecule has 69 valence electrons. The average molecular weight is 169 g/mol. The van der Waals surface area contributed by atoms with Crippen LogP contribution in [0.5, 0.6) is 0 Å². The van der Waals surface area contributed by atoms with Crippen LogP contribution in [0.25, 0.3) is 0 Å². The van der Waals surface area contributed by atoms with E-state index in [1.807, 2.05) is 0 Å². The molecule has 1 saturated heterocycles. The molecule has 1 radical (unpaired) electrons. The molecule has 0 amide bonds. The third kappa shape index (κ3) is 2.84. The summed E-state index contributed by atoms with van der Waals surface area (Å²) < 4.78 is 5.04. The third-order valence-electron chi connectivity index (χ3n) is 2.23. The number of cyclic esters (lactones) is 1. The molecule has 1 rings (SSSR count). The van der Waals surface area contributed by atoms with E-state index in [0.29, 0.717) is 6.61 Å². The Morgan fingerprint density at radius 1 is 1.42 bits per heavy atom. The molecule has 0 aromatic carbocycles. The van der Waals surface area contributed by atoms with Crippen LogP contribution >= 0.6 is 0 Å². The number of carbonyl (C=O) groups is 1. The lowest BCUT2D eigenvalue weighted by molar-refractivity contribution is -0.140. The molecule has 1 aliphatic heterocycles. The minimum Gasteiger partial charge on any atom is -0.465 e. The van der Waals surface area contributed by atoms with Crippen molar-refractivity contribution in [3.05, 3.63) is 5.92 Å². The van der Waals surface area contributed by atoms with Crippen molar-refractivity contribution in [3.63, 3.8) is 0 Å². The molecule has 0 spiro atoms.